The maximum atomic E-state index is 8.81. The number of thiazole rings is 1. The predicted octanol–water partition coefficient (Wildman–Crippen LogP) is 2.35. The van der Waals surface area contributed by atoms with Crippen molar-refractivity contribution in [3.63, 3.8) is 0 Å². The Labute approximate surface area is 120 Å². The average Bonchev–Trinajstić information content (AvgIpc) is 2.86. The summed E-state index contributed by atoms with van der Waals surface area (Å²) in [6.45, 7) is 1.94. The van der Waals surface area contributed by atoms with Crippen LogP contribution in [0.15, 0.2) is 34.7 Å². The summed E-state index contributed by atoms with van der Waals surface area (Å²) in [5.74, 6) is -0.373. The van der Waals surface area contributed by atoms with Crippen LogP contribution in [0.4, 0.5) is 5.69 Å². The highest BCUT2D eigenvalue weighted by Crippen LogP contribution is 2.28. The Hall–Kier alpha value is -2.72. The molecule has 1 aromatic carbocycles. The Morgan fingerprint density at radius 3 is 2.85 bits per heavy atom. The lowest BCUT2D eigenvalue weighted by atomic mass is 10.1. The second-order valence-corrected chi connectivity index (χ2v) is 4.96. The number of nitrogens with one attached hydrogen (secondary N) is 2. The number of hydrazone groups is 1. The fourth-order valence-corrected chi connectivity index (χ4v) is 2.17. The lowest BCUT2D eigenvalue weighted by Crippen LogP contribution is -2.21. The number of amidine groups is 1. The second kappa shape index (κ2) is 5.95. The van der Waals surface area contributed by atoms with Crippen LogP contribution in [-0.4, -0.2) is 16.5 Å². The fourth-order valence-electron chi connectivity index (χ4n) is 1.55. The van der Waals surface area contributed by atoms with Crippen LogP contribution in [0.5, 0.6) is 0 Å². The van der Waals surface area contributed by atoms with E-state index in [2.05, 4.69) is 15.5 Å². The zero-order valence-corrected chi connectivity index (χ0v) is 11.5. The highest BCUT2D eigenvalue weighted by atomic mass is 32.1. The summed E-state index contributed by atoms with van der Waals surface area (Å²) in [5.41, 5.74) is 10.3. The van der Waals surface area contributed by atoms with Gasteiger partial charge in [0.25, 0.3) is 0 Å². The van der Waals surface area contributed by atoms with E-state index in [1.807, 2.05) is 36.6 Å². The molecule has 0 unspecified atom stereocenters. The van der Waals surface area contributed by atoms with Crippen molar-refractivity contribution >= 4 is 28.6 Å². The van der Waals surface area contributed by atoms with Crippen LogP contribution in [0.1, 0.15) is 5.01 Å². The van der Waals surface area contributed by atoms with Gasteiger partial charge in [-0.2, -0.15) is 10.4 Å². The molecule has 6 nitrogen and oxygen atoms in total. The molecule has 4 N–H and O–H groups in total. The van der Waals surface area contributed by atoms with E-state index in [-0.39, 0.29) is 11.5 Å². The van der Waals surface area contributed by atoms with Gasteiger partial charge in [-0.05, 0) is 13.0 Å². The van der Waals surface area contributed by atoms with Crippen LogP contribution in [0, 0.1) is 23.7 Å². The Morgan fingerprint density at radius 2 is 2.25 bits per heavy atom. The van der Waals surface area contributed by atoms with E-state index < -0.39 is 0 Å². The molecule has 20 heavy (non-hydrogen) atoms. The number of benzene rings is 1. The minimum Gasteiger partial charge on any atom is -0.382 e. The van der Waals surface area contributed by atoms with Gasteiger partial charge in [0.1, 0.15) is 6.07 Å². The number of anilines is 1. The number of nitriles is 1. The third-order valence-electron chi connectivity index (χ3n) is 2.47. The van der Waals surface area contributed by atoms with Crippen molar-refractivity contribution in [1.82, 2.24) is 4.98 Å². The van der Waals surface area contributed by atoms with Crippen molar-refractivity contribution < 1.29 is 0 Å². The highest BCUT2D eigenvalue weighted by Gasteiger charge is 2.08. The quantitative estimate of drug-likeness (QED) is 0.454. The van der Waals surface area contributed by atoms with Gasteiger partial charge in [-0.15, -0.1) is 11.3 Å². The van der Waals surface area contributed by atoms with Crippen LogP contribution in [0.3, 0.4) is 0 Å². The molecule has 0 fully saturated rings. The molecule has 0 saturated carbocycles. The van der Waals surface area contributed by atoms with E-state index in [9.17, 15) is 0 Å². The first kappa shape index (κ1) is 13.7. The molecule has 0 bridgehead atoms. The zero-order valence-electron chi connectivity index (χ0n) is 10.7. The monoisotopic (exact) mass is 284 g/mol. The molecule has 0 aliphatic carbocycles. The number of nitrogens with two attached hydrogens (primary N) is 1. The van der Waals surface area contributed by atoms with Crippen LogP contribution in [-0.2, 0) is 0 Å². The summed E-state index contributed by atoms with van der Waals surface area (Å²) in [5, 5.41) is 22.8. The number of para-hydroxylation sites is 1. The standard InChI is InChI=1S/C13H12N6S/c1-8-17-12(7-20-8)9-4-2-3-5-10(9)18-19-11(6-14)13(15)16/h2-5,7,18H,1H3,(H3,15,16)/b19-11+. The Bertz CT molecular complexity index is 710. The molecule has 0 aliphatic heterocycles. The first-order valence-electron chi connectivity index (χ1n) is 5.71. The van der Waals surface area contributed by atoms with Crippen molar-refractivity contribution in [2.75, 3.05) is 5.43 Å². The Kier molecular flexibility index (Phi) is 4.08. The SMILES string of the molecule is Cc1nc(-c2ccccc2N/N=C(\C#N)C(=N)N)cs1. The summed E-state index contributed by atoms with van der Waals surface area (Å²) in [7, 11) is 0. The Morgan fingerprint density at radius 1 is 1.50 bits per heavy atom. The van der Waals surface area contributed by atoms with E-state index in [1.54, 1.807) is 17.4 Å². The molecule has 1 heterocycles. The van der Waals surface area contributed by atoms with E-state index in [0.717, 1.165) is 16.3 Å². The van der Waals surface area contributed by atoms with E-state index in [4.69, 9.17) is 16.4 Å². The number of nitrogens with zero attached hydrogens (tertiary/aromatic N) is 3. The molecule has 0 spiro atoms. The minimum atomic E-state index is -0.373. The van der Waals surface area contributed by atoms with E-state index >= 15 is 0 Å². The van der Waals surface area contributed by atoms with Crippen molar-refractivity contribution in [2.24, 2.45) is 10.8 Å². The molecular formula is C13H12N6S. The molecular weight excluding hydrogens is 272 g/mol. The molecule has 0 radical (unpaired) electrons. The lowest BCUT2D eigenvalue weighted by Gasteiger charge is -2.06. The number of hydrogen-bond acceptors (Lipinski definition) is 6. The van der Waals surface area contributed by atoms with Crippen LogP contribution in [0.2, 0.25) is 0 Å². The second-order valence-electron chi connectivity index (χ2n) is 3.90. The van der Waals surface area contributed by atoms with Gasteiger partial charge < -0.3 is 5.73 Å². The summed E-state index contributed by atoms with van der Waals surface area (Å²) < 4.78 is 0. The first-order chi connectivity index (χ1) is 9.61. The van der Waals surface area contributed by atoms with Gasteiger partial charge >= 0.3 is 0 Å². The van der Waals surface area contributed by atoms with Gasteiger partial charge in [-0.25, -0.2) is 4.98 Å². The fraction of sp³-hybridized carbons (Fsp3) is 0.0769. The van der Waals surface area contributed by atoms with Gasteiger partial charge in [0.2, 0.25) is 5.71 Å². The summed E-state index contributed by atoms with van der Waals surface area (Å²) in [6.07, 6.45) is 0. The molecule has 0 atom stereocenters. The summed E-state index contributed by atoms with van der Waals surface area (Å²) in [6, 6.07) is 9.24. The summed E-state index contributed by atoms with van der Waals surface area (Å²) in [4.78, 5) is 4.42. The lowest BCUT2D eigenvalue weighted by molar-refractivity contribution is 1.28. The van der Waals surface area contributed by atoms with Crippen LogP contribution < -0.4 is 11.2 Å². The smallest absolute Gasteiger partial charge is 0.201 e. The Balaban J connectivity index is 2.35. The van der Waals surface area contributed by atoms with Crippen molar-refractivity contribution in [1.29, 1.82) is 10.7 Å². The number of aryl methyl sites for hydroxylation is 1. The van der Waals surface area contributed by atoms with Crippen molar-refractivity contribution in [2.45, 2.75) is 6.92 Å². The molecule has 0 aliphatic rings. The number of aromatic nitrogens is 1. The zero-order chi connectivity index (χ0) is 14.5. The average molecular weight is 284 g/mol. The van der Waals surface area contributed by atoms with Gasteiger partial charge in [-0.1, -0.05) is 18.2 Å². The van der Waals surface area contributed by atoms with Gasteiger partial charge in [0.05, 0.1) is 16.4 Å². The van der Waals surface area contributed by atoms with Crippen LogP contribution in [0.25, 0.3) is 11.3 Å². The molecule has 0 amide bonds. The maximum Gasteiger partial charge on any atom is 0.201 e. The topological polar surface area (TPSA) is 111 Å². The number of rotatable bonds is 4. The molecule has 0 saturated heterocycles. The minimum absolute atomic E-state index is 0.158. The van der Waals surface area contributed by atoms with Crippen molar-refractivity contribution in [3.05, 3.63) is 34.7 Å². The van der Waals surface area contributed by atoms with E-state index in [1.165, 1.54) is 0 Å². The van der Waals surface area contributed by atoms with Gasteiger partial charge in [0.15, 0.2) is 5.84 Å². The highest BCUT2D eigenvalue weighted by molar-refractivity contribution is 7.09. The maximum absolute atomic E-state index is 8.81. The van der Waals surface area contributed by atoms with Crippen molar-refractivity contribution in [3.8, 4) is 17.3 Å². The predicted molar refractivity (Wildman–Crippen MR) is 80.9 cm³/mol. The molecule has 1 aromatic heterocycles. The molecule has 2 aromatic rings. The summed E-state index contributed by atoms with van der Waals surface area (Å²) >= 11 is 1.56. The molecule has 7 heteroatoms. The molecule has 100 valence electrons. The first-order valence-corrected chi connectivity index (χ1v) is 6.59. The largest absolute Gasteiger partial charge is 0.382 e. The third kappa shape index (κ3) is 2.99. The van der Waals surface area contributed by atoms with Crippen LogP contribution >= 0.6 is 11.3 Å². The third-order valence-corrected chi connectivity index (χ3v) is 3.24. The van der Waals surface area contributed by atoms with Gasteiger partial charge in [0, 0.05) is 10.9 Å². The number of hydrogen-bond donors (Lipinski definition) is 3. The van der Waals surface area contributed by atoms with Gasteiger partial charge in [-0.3, -0.25) is 10.8 Å². The molecule has 2 rings (SSSR count). The van der Waals surface area contributed by atoms with E-state index in [0.29, 0.717) is 5.69 Å². The normalized spacial score (nSPS) is 10.9.